The standard InChI is InChI=1S/C14H22ClN7O2/c1-4-22(5-2)21-12(23)8-6-9(15)10(7-11(8)24-3)19-14(18)20-13(16)17/h6-7H,4-5H2,1-3H3,(H,21,23)(H6,16,17,18,19,20). The van der Waals surface area contributed by atoms with Gasteiger partial charge in [0.25, 0.3) is 5.91 Å². The average molecular weight is 356 g/mol. The van der Waals surface area contributed by atoms with E-state index >= 15 is 0 Å². The highest BCUT2D eigenvalue weighted by atomic mass is 35.5. The third-order valence-electron chi connectivity index (χ3n) is 3.02. The number of guanidine groups is 2. The Balaban J connectivity index is 3.21. The number of aliphatic imine (C=N–C) groups is 2. The van der Waals surface area contributed by atoms with Gasteiger partial charge in [-0.05, 0) is 6.07 Å². The lowest BCUT2D eigenvalue weighted by Crippen LogP contribution is -2.41. The van der Waals surface area contributed by atoms with Crippen LogP contribution in [0.3, 0.4) is 0 Å². The number of hydrogen-bond donors (Lipinski definition) is 4. The van der Waals surface area contributed by atoms with Crippen LogP contribution in [0.1, 0.15) is 24.2 Å². The molecule has 0 spiro atoms. The van der Waals surface area contributed by atoms with Crippen molar-refractivity contribution in [2.45, 2.75) is 13.8 Å². The maximum Gasteiger partial charge on any atom is 0.269 e. The first-order chi connectivity index (χ1) is 11.3. The van der Waals surface area contributed by atoms with Crippen LogP contribution in [-0.2, 0) is 0 Å². The molecular formula is C14H22ClN7O2. The molecular weight excluding hydrogens is 334 g/mol. The Morgan fingerprint density at radius 2 is 1.92 bits per heavy atom. The van der Waals surface area contributed by atoms with Gasteiger partial charge >= 0.3 is 0 Å². The van der Waals surface area contributed by atoms with Crippen molar-refractivity contribution in [1.82, 2.24) is 10.4 Å². The molecule has 0 bridgehead atoms. The fourth-order valence-electron chi connectivity index (χ4n) is 1.84. The van der Waals surface area contributed by atoms with Crippen LogP contribution >= 0.6 is 11.6 Å². The molecule has 0 atom stereocenters. The van der Waals surface area contributed by atoms with Gasteiger partial charge < -0.3 is 21.9 Å². The number of carbonyl (C=O) groups excluding carboxylic acids is 1. The van der Waals surface area contributed by atoms with Crippen LogP contribution in [0.25, 0.3) is 0 Å². The van der Waals surface area contributed by atoms with Crippen LogP contribution in [0.5, 0.6) is 5.75 Å². The molecule has 1 aromatic carbocycles. The molecule has 1 amide bonds. The number of benzene rings is 1. The molecule has 132 valence electrons. The molecule has 0 aliphatic rings. The molecule has 0 radical (unpaired) electrons. The number of carbonyl (C=O) groups is 1. The number of amides is 1. The summed E-state index contributed by atoms with van der Waals surface area (Å²) in [7, 11) is 1.43. The molecule has 9 nitrogen and oxygen atoms in total. The Morgan fingerprint density at radius 3 is 2.42 bits per heavy atom. The second-order valence-electron chi connectivity index (χ2n) is 4.62. The Kier molecular flexibility index (Phi) is 7.28. The van der Waals surface area contributed by atoms with Crippen molar-refractivity contribution in [3.05, 3.63) is 22.7 Å². The van der Waals surface area contributed by atoms with Crippen molar-refractivity contribution in [1.29, 1.82) is 0 Å². The van der Waals surface area contributed by atoms with Gasteiger partial charge in [-0.25, -0.2) is 10.0 Å². The van der Waals surface area contributed by atoms with Gasteiger partial charge in [0.1, 0.15) is 5.75 Å². The summed E-state index contributed by atoms with van der Waals surface area (Å²) in [5, 5.41) is 1.95. The molecule has 0 aliphatic heterocycles. The predicted octanol–water partition coefficient (Wildman–Crippen LogP) is 0.555. The first-order valence-corrected chi connectivity index (χ1v) is 7.57. The Bertz CT molecular complexity index is 653. The zero-order chi connectivity index (χ0) is 18.3. The van der Waals surface area contributed by atoms with Crippen LogP contribution < -0.4 is 27.4 Å². The van der Waals surface area contributed by atoms with E-state index in [1.54, 1.807) is 5.01 Å². The van der Waals surface area contributed by atoms with Gasteiger partial charge in [-0.15, -0.1) is 0 Å². The van der Waals surface area contributed by atoms with E-state index < -0.39 is 0 Å². The predicted molar refractivity (Wildman–Crippen MR) is 95.5 cm³/mol. The van der Waals surface area contributed by atoms with E-state index in [1.165, 1.54) is 19.2 Å². The Hall–Kier alpha value is -2.52. The highest BCUT2D eigenvalue weighted by Crippen LogP contribution is 2.33. The number of nitrogens with two attached hydrogens (primary N) is 3. The number of hydrogen-bond acceptors (Lipinski definition) is 4. The summed E-state index contributed by atoms with van der Waals surface area (Å²) in [6.45, 7) is 5.18. The molecule has 0 saturated heterocycles. The van der Waals surface area contributed by atoms with Gasteiger partial charge in [0.2, 0.25) is 5.96 Å². The maximum absolute atomic E-state index is 12.4. The molecule has 0 heterocycles. The Labute approximate surface area is 145 Å². The Morgan fingerprint density at radius 1 is 1.29 bits per heavy atom. The minimum Gasteiger partial charge on any atom is -0.496 e. The maximum atomic E-state index is 12.4. The average Bonchev–Trinajstić information content (AvgIpc) is 2.53. The normalized spacial score (nSPS) is 11.3. The third-order valence-corrected chi connectivity index (χ3v) is 3.32. The molecule has 0 aromatic heterocycles. The van der Waals surface area contributed by atoms with Gasteiger partial charge in [-0.3, -0.25) is 10.2 Å². The molecule has 0 fully saturated rings. The largest absolute Gasteiger partial charge is 0.496 e. The molecule has 0 aliphatic carbocycles. The van der Waals surface area contributed by atoms with E-state index in [1.807, 2.05) is 13.8 Å². The quantitative estimate of drug-likeness (QED) is 0.333. The minimum atomic E-state index is -0.342. The zero-order valence-corrected chi connectivity index (χ0v) is 14.6. The van der Waals surface area contributed by atoms with Crippen molar-refractivity contribution >= 4 is 35.1 Å². The SMILES string of the molecule is CCN(CC)NC(=O)c1cc(Cl)c(N=C(N)N=C(N)N)cc1OC. The molecule has 0 unspecified atom stereocenters. The van der Waals surface area contributed by atoms with Crippen LogP contribution in [0, 0.1) is 0 Å². The molecule has 0 saturated carbocycles. The highest BCUT2D eigenvalue weighted by molar-refractivity contribution is 6.33. The number of methoxy groups -OCH3 is 1. The first kappa shape index (κ1) is 19.5. The number of hydrazine groups is 1. The van der Waals surface area contributed by atoms with Crippen LogP contribution in [0.2, 0.25) is 5.02 Å². The summed E-state index contributed by atoms with van der Waals surface area (Å²) in [6.07, 6.45) is 0. The molecule has 7 N–H and O–H groups in total. The van der Waals surface area contributed by atoms with Crippen LogP contribution in [0.15, 0.2) is 22.1 Å². The topological polar surface area (TPSA) is 144 Å². The second kappa shape index (κ2) is 8.94. The van der Waals surface area contributed by atoms with Gasteiger partial charge in [0, 0.05) is 19.2 Å². The van der Waals surface area contributed by atoms with Crippen molar-refractivity contribution in [2.24, 2.45) is 27.2 Å². The zero-order valence-electron chi connectivity index (χ0n) is 13.8. The van der Waals surface area contributed by atoms with Gasteiger partial charge in [-0.2, -0.15) is 4.99 Å². The van der Waals surface area contributed by atoms with E-state index in [9.17, 15) is 4.79 Å². The van der Waals surface area contributed by atoms with Gasteiger partial charge in [0.15, 0.2) is 5.96 Å². The van der Waals surface area contributed by atoms with Crippen molar-refractivity contribution in [2.75, 3.05) is 20.2 Å². The number of ether oxygens (including phenoxy) is 1. The van der Waals surface area contributed by atoms with Crippen molar-refractivity contribution in [3.8, 4) is 5.75 Å². The van der Waals surface area contributed by atoms with Crippen molar-refractivity contribution in [3.63, 3.8) is 0 Å². The minimum absolute atomic E-state index is 0.167. The summed E-state index contributed by atoms with van der Waals surface area (Å²) < 4.78 is 5.24. The summed E-state index contributed by atoms with van der Waals surface area (Å²) in [5.74, 6) is -0.445. The number of halogens is 1. The molecule has 1 rings (SSSR count). The van der Waals surface area contributed by atoms with Crippen LogP contribution in [-0.4, -0.2) is 43.0 Å². The van der Waals surface area contributed by atoms with E-state index in [0.717, 1.165) is 0 Å². The number of rotatable bonds is 6. The first-order valence-electron chi connectivity index (χ1n) is 7.19. The fourth-order valence-corrected chi connectivity index (χ4v) is 2.05. The summed E-state index contributed by atoms with van der Waals surface area (Å²) >= 11 is 6.16. The third kappa shape index (κ3) is 5.28. The molecule has 24 heavy (non-hydrogen) atoms. The van der Waals surface area contributed by atoms with E-state index in [-0.39, 0.29) is 34.1 Å². The summed E-state index contributed by atoms with van der Waals surface area (Å²) in [5.41, 5.74) is 19.3. The van der Waals surface area contributed by atoms with Crippen molar-refractivity contribution < 1.29 is 9.53 Å². The highest BCUT2D eigenvalue weighted by Gasteiger charge is 2.17. The summed E-state index contributed by atoms with van der Waals surface area (Å²) in [4.78, 5) is 20.0. The fraction of sp³-hybridized carbons (Fsp3) is 0.357. The molecule has 10 heteroatoms. The van der Waals surface area contributed by atoms with E-state index in [2.05, 4.69) is 15.4 Å². The second-order valence-corrected chi connectivity index (χ2v) is 5.03. The number of nitrogens with one attached hydrogen (secondary N) is 1. The van der Waals surface area contributed by atoms with Crippen LogP contribution in [0.4, 0.5) is 5.69 Å². The van der Waals surface area contributed by atoms with Gasteiger partial charge in [-0.1, -0.05) is 25.4 Å². The lowest BCUT2D eigenvalue weighted by Gasteiger charge is -2.20. The van der Waals surface area contributed by atoms with Gasteiger partial charge in [0.05, 0.1) is 23.4 Å². The number of nitrogens with zero attached hydrogens (tertiary/aromatic N) is 3. The lowest BCUT2D eigenvalue weighted by molar-refractivity contribution is 0.0802. The monoisotopic (exact) mass is 355 g/mol. The molecule has 1 aromatic rings. The smallest absolute Gasteiger partial charge is 0.269 e. The van der Waals surface area contributed by atoms with E-state index in [4.69, 9.17) is 33.5 Å². The van der Waals surface area contributed by atoms with E-state index in [0.29, 0.717) is 18.8 Å². The summed E-state index contributed by atoms with van der Waals surface area (Å²) in [6, 6.07) is 2.93. The lowest BCUT2D eigenvalue weighted by atomic mass is 10.1.